The van der Waals surface area contributed by atoms with Gasteiger partial charge in [0.05, 0.1) is 6.42 Å². The van der Waals surface area contributed by atoms with Crippen LogP contribution in [0.1, 0.15) is 23.2 Å². The summed E-state index contributed by atoms with van der Waals surface area (Å²) in [5.74, 6) is -0.596. The molecule has 0 radical (unpaired) electrons. The fourth-order valence-electron chi connectivity index (χ4n) is 2.52. The zero-order valence-corrected chi connectivity index (χ0v) is 14.2. The first-order chi connectivity index (χ1) is 11.4. The summed E-state index contributed by atoms with van der Waals surface area (Å²) >= 11 is 0. The molecule has 24 heavy (non-hydrogen) atoms. The van der Waals surface area contributed by atoms with Crippen molar-refractivity contribution in [3.63, 3.8) is 0 Å². The second kappa shape index (κ2) is 7.76. The maximum atomic E-state index is 12.4. The molecular weight excluding hydrogens is 310 g/mol. The molecule has 1 fully saturated rings. The van der Waals surface area contributed by atoms with Gasteiger partial charge in [-0.15, -0.1) is 0 Å². The number of aryl methyl sites for hydroxylation is 2. The first-order valence-electron chi connectivity index (χ1n) is 7.87. The van der Waals surface area contributed by atoms with Crippen LogP contribution in [0.4, 0.5) is 4.79 Å². The molecule has 8 heteroatoms. The molecule has 1 aliphatic heterocycles. The number of carbonyl (C=O) groups excluding carboxylic acids is 3. The van der Waals surface area contributed by atoms with Gasteiger partial charge >= 0.3 is 6.03 Å². The molecule has 1 aromatic rings. The Balaban J connectivity index is 2.01. The van der Waals surface area contributed by atoms with E-state index < -0.39 is 6.04 Å². The number of hydrogen-bond donors (Lipinski definition) is 3. The van der Waals surface area contributed by atoms with Crippen LogP contribution < -0.4 is 16.0 Å². The molecular formula is C16H23N5O3. The number of amides is 4. The van der Waals surface area contributed by atoms with Crippen LogP contribution in [-0.2, 0) is 16.1 Å². The van der Waals surface area contributed by atoms with Gasteiger partial charge in [0.15, 0.2) is 0 Å². The third-order valence-electron chi connectivity index (χ3n) is 4.09. The Hall–Kier alpha value is -2.64. The smallest absolute Gasteiger partial charge is 0.318 e. The second-order valence-corrected chi connectivity index (χ2v) is 5.78. The predicted octanol–water partition coefficient (Wildman–Crippen LogP) is -0.155. The van der Waals surface area contributed by atoms with Gasteiger partial charge in [0.2, 0.25) is 11.8 Å². The quantitative estimate of drug-likeness (QED) is 0.712. The molecule has 1 saturated heterocycles. The van der Waals surface area contributed by atoms with E-state index in [4.69, 9.17) is 0 Å². The van der Waals surface area contributed by atoms with Crippen molar-refractivity contribution in [1.29, 1.82) is 0 Å². The highest BCUT2D eigenvalue weighted by Crippen LogP contribution is 2.10. The van der Waals surface area contributed by atoms with Crippen molar-refractivity contribution < 1.29 is 14.4 Å². The number of hydrogen-bond acceptors (Lipinski definition) is 4. The lowest BCUT2D eigenvalue weighted by molar-refractivity contribution is -0.132. The summed E-state index contributed by atoms with van der Waals surface area (Å²) in [6, 6.07) is 0.807. The zero-order valence-electron chi connectivity index (χ0n) is 14.2. The summed E-state index contributed by atoms with van der Waals surface area (Å²) in [4.78, 5) is 41.7. The maximum Gasteiger partial charge on any atom is 0.318 e. The SMILES string of the molecule is CNC(=O)CC1C(=O)NCCN1C(=O)NCc1cnc(C)c(C)c1. The lowest BCUT2D eigenvalue weighted by Crippen LogP contribution is -2.60. The average Bonchev–Trinajstić information content (AvgIpc) is 2.57. The van der Waals surface area contributed by atoms with Crippen molar-refractivity contribution in [3.05, 3.63) is 29.1 Å². The summed E-state index contributed by atoms with van der Waals surface area (Å²) in [6.07, 6.45) is 1.66. The number of carbonyl (C=O) groups is 3. The number of pyridine rings is 1. The lowest BCUT2D eigenvalue weighted by atomic mass is 10.1. The van der Waals surface area contributed by atoms with Gasteiger partial charge in [0.25, 0.3) is 0 Å². The molecule has 0 spiro atoms. The van der Waals surface area contributed by atoms with Gasteiger partial charge in [-0.25, -0.2) is 4.79 Å². The van der Waals surface area contributed by atoms with Crippen LogP contribution in [0.15, 0.2) is 12.3 Å². The highest BCUT2D eigenvalue weighted by atomic mass is 16.2. The molecule has 1 atom stereocenters. The molecule has 2 heterocycles. The summed E-state index contributed by atoms with van der Waals surface area (Å²) in [5.41, 5.74) is 2.88. The number of nitrogens with zero attached hydrogens (tertiary/aromatic N) is 2. The van der Waals surface area contributed by atoms with Crippen molar-refractivity contribution in [2.45, 2.75) is 32.9 Å². The van der Waals surface area contributed by atoms with Crippen molar-refractivity contribution in [3.8, 4) is 0 Å². The minimum Gasteiger partial charge on any atom is -0.359 e. The normalized spacial score (nSPS) is 17.2. The molecule has 1 aromatic heterocycles. The van der Waals surface area contributed by atoms with Gasteiger partial charge in [-0.2, -0.15) is 0 Å². The molecule has 0 bridgehead atoms. The fourth-order valence-corrected chi connectivity index (χ4v) is 2.52. The van der Waals surface area contributed by atoms with Crippen LogP contribution in [0.5, 0.6) is 0 Å². The fraction of sp³-hybridized carbons (Fsp3) is 0.500. The van der Waals surface area contributed by atoms with Crippen LogP contribution in [0.3, 0.4) is 0 Å². The number of aromatic nitrogens is 1. The maximum absolute atomic E-state index is 12.4. The first kappa shape index (κ1) is 17.7. The van der Waals surface area contributed by atoms with E-state index in [2.05, 4.69) is 20.9 Å². The van der Waals surface area contributed by atoms with Crippen molar-refractivity contribution in [2.24, 2.45) is 0 Å². The number of urea groups is 1. The summed E-state index contributed by atoms with van der Waals surface area (Å²) in [6.45, 7) is 4.94. The molecule has 1 aliphatic rings. The minimum atomic E-state index is -0.795. The minimum absolute atomic E-state index is 0.0546. The summed E-state index contributed by atoms with van der Waals surface area (Å²) in [5, 5.41) is 7.95. The van der Waals surface area contributed by atoms with E-state index in [1.807, 2.05) is 19.9 Å². The third-order valence-corrected chi connectivity index (χ3v) is 4.09. The van der Waals surface area contributed by atoms with Gasteiger partial charge < -0.3 is 20.9 Å². The highest BCUT2D eigenvalue weighted by molar-refractivity contribution is 5.92. The van der Waals surface area contributed by atoms with Gasteiger partial charge in [0, 0.05) is 38.6 Å². The van der Waals surface area contributed by atoms with Crippen molar-refractivity contribution in [1.82, 2.24) is 25.8 Å². The Labute approximate surface area is 141 Å². The largest absolute Gasteiger partial charge is 0.359 e. The molecule has 0 saturated carbocycles. The Morgan fingerprint density at radius 1 is 1.42 bits per heavy atom. The molecule has 1 unspecified atom stereocenters. The third kappa shape index (κ3) is 4.21. The number of nitrogens with one attached hydrogen (secondary N) is 3. The van der Waals surface area contributed by atoms with Crippen molar-refractivity contribution in [2.75, 3.05) is 20.1 Å². The van der Waals surface area contributed by atoms with Gasteiger partial charge in [0.1, 0.15) is 6.04 Å². The summed E-state index contributed by atoms with van der Waals surface area (Å²) in [7, 11) is 1.50. The zero-order chi connectivity index (χ0) is 17.7. The number of rotatable bonds is 4. The number of piperazine rings is 1. The highest BCUT2D eigenvalue weighted by Gasteiger charge is 2.34. The van der Waals surface area contributed by atoms with Crippen LogP contribution in [0, 0.1) is 13.8 Å². The molecule has 0 aliphatic carbocycles. The van der Waals surface area contributed by atoms with E-state index >= 15 is 0 Å². The van der Waals surface area contributed by atoms with Crippen LogP contribution in [0.2, 0.25) is 0 Å². The van der Waals surface area contributed by atoms with Gasteiger partial charge in [-0.3, -0.25) is 14.6 Å². The Bertz CT molecular complexity index is 647. The topological polar surface area (TPSA) is 103 Å². The van der Waals surface area contributed by atoms with E-state index in [0.29, 0.717) is 19.6 Å². The van der Waals surface area contributed by atoms with Crippen LogP contribution >= 0.6 is 0 Å². The molecule has 4 amide bonds. The molecule has 3 N–H and O–H groups in total. The lowest BCUT2D eigenvalue weighted by Gasteiger charge is -2.34. The van der Waals surface area contributed by atoms with Crippen molar-refractivity contribution >= 4 is 17.8 Å². The van der Waals surface area contributed by atoms with E-state index in [-0.39, 0.29) is 24.3 Å². The molecule has 2 rings (SSSR count). The van der Waals surface area contributed by atoms with Gasteiger partial charge in [-0.1, -0.05) is 6.07 Å². The van der Waals surface area contributed by atoms with E-state index in [1.54, 1.807) is 6.20 Å². The predicted molar refractivity (Wildman–Crippen MR) is 88.1 cm³/mol. The average molecular weight is 333 g/mol. The molecule has 130 valence electrons. The standard InChI is InChI=1S/C16H23N5O3/c1-10-6-12(8-19-11(10)2)9-20-16(24)21-5-4-18-15(23)13(21)7-14(22)17-3/h6,8,13H,4-5,7,9H2,1-3H3,(H,17,22)(H,18,23)(H,20,24). The van der Waals surface area contributed by atoms with E-state index in [1.165, 1.54) is 11.9 Å². The van der Waals surface area contributed by atoms with E-state index in [9.17, 15) is 14.4 Å². The Morgan fingerprint density at radius 3 is 2.83 bits per heavy atom. The Kier molecular flexibility index (Phi) is 5.73. The first-order valence-corrected chi connectivity index (χ1v) is 7.87. The Morgan fingerprint density at radius 2 is 2.17 bits per heavy atom. The molecule has 0 aromatic carbocycles. The monoisotopic (exact) mass is 333 g/mol. The van der Waals surface area contributed by atoms with E-state index in [0.717, 1.165) is 16.8 Å². The summed E-state index contributed by atoms with van der Waals surface area (Å²) < 4.78 is 0. The van der Waals surface area contributed by atoms with Crippen LogP contribution in [0.25, 0.3) is 0 Å². The van der Waals surface area contributed by atoms with Crippen LogP contribution in [-0.4, -0.2) is 53.9 Å². The second-order valence-electron chi connectivity index (χ2n) is 5.78. The van der Waals surface area contributed by atoms with Gasteiger partial charge in [-0.05, 0) is 25.0 Å². The molecule has 8 nitrogen and oxygen atoms in total.